The van der Waals surface area contributed by atoms with Gasteiger partial charge >= 0.3 is 0 Å². The van der Waals surface area contributed by atoms with Gasteiger partial charge in [-0.15, -0.1) is 11.3 Å². The normalized spacial score (nSPS) is 12.0. The molecule has 1 amide bonds. The molecule has 0 radical (unpaired) electrons. The van der Waals surface area contributed by atoms with Crippen molar-refractivity contribution in [1.29, 1.82) is 0 Å². The molecule has 0 saturated heterocycles. The maximum Gasteiger partial charge on any atom is 0.265 e. The molecule has 4 nitrogen and oxygen atoms in total. The van der Waals surface area contributed by atoms with E-state index in [1.54, 1.807) is 30.4 Å². The molecule has 1 N–H and O–H groups in total. The molecule has 3 aromatic carbocycles. The topological polar surface area (TPSA) is 51.2 Å². The summed E-state index contributed by atoms with van der Waals surface area (Å²) in [5, 5.41) is 4.50. The zero-order valence-corrected chi connectivity index (χ0v) is 18.5. The summed E-state index contributed by atoms with van der Waals surface area (Å²) < 4.78 is 6.96. The van der Waals surface area contributed by atoms with Crippen LogP contribution in [-0.2, 0) is 4.79 Å². The molecule has 0 spiro atoms. The first-order chi connectivity index (χ1) is 14.4. The Morgan fingerprint density at radius 1 is 1.07 bits per heavy atom. The highest BCUT2D eigenvalue weighted by Crippen LogP contribution is 2.31. The van der Waals surface area contributed by atoms with Gasteiger partial charge in [0.1, 0.15) is 10.8 Å². The Kier molecular flexibility index (Phi) is 5.75. The summed E-state index contributed by atoms with van der Waals surface area (Å²) in [6.07, 6.45) is -0.642. The molecule has 0 fully saturated rings. The standard InChI is InChI=1S/C24H21ClN2O2S/c1-14-4-10-20-22(12-14)30-24(27-20)17-5-8-19(9-6-17)26-23(28)16(3)29-21-11-7-18(25)13-15(21)2/h4-13,16H,1-3H3,(H,26,28). The summed E-state index contributed by atoms with van der Waals surface area (Å²) in [4.78, 5) is 17.2. The summed E-state index contributed by atoms with van der Waals surface area (Å²) in [5.41, 5.74) is 4.84. The Hall–Kier alpha value is -2.89. The highest BCUT2D eigenvalue weighted by atomic mass is 35.5. The van der Waals surface area contributed by atoms with E-state index in [1.807, 2.05) is 43.3 Å². The van der Waals surface area contributed by atoms with Gasteiger partial charge in [-0.1, -0.05) is 17.7 Å². The Bertz CT molecular complexity index is 1220. The molecule has 0 aliphatic rings. The second-order valence-corrected chi connectivity index (χ2v) is 8.69. The van der Waals surface area contributed by atoms with Crippen molar-refractivity contribution in [2.75, 3.05) is 5.32 Å². The van der Waals surface area contributed by atoms with Crippen LogP contribution in [0.3, 0.4) is 0 Å². The van der Waals surface area contributed by atoms with E-state index in [0.29, 0.717) is 16.5 Å². The number of hydrogen-bond donors (Lipinski definition) is 1. The average Bonchev–Trinajstić information content (AvgIpc) is 3.13. The minimum Gasteiger partial charge on any atom is -0.481 e. The predicted octanol–water partition coefficient (Wildman–Crippen LogP) is 6.64. The fourth-order valence-corrected chi connectivity index (χ4v) is 4.38. The van der Waals surface area contributed by atoms with Gasteiger partial charge in [-0.05, 0) is 86.5 Å². The summed E-state index contributed by atoms with van der Waals surface area (Å²) in [5.74, 6) is 0.427. The van der Waals surface area contributed by atoms with Crippen molar-refractivity contribution in [3.05, 3.63) is 76.8 Å². The lowest BCUT2D eigenvalue weighted by Gasteiger charge is -2.16. The van der Waals surface area contributed by atoms with Crippen molar-refractivity contribution in [2.24, 2.45) is 0 Å². The fourth-order valence-electron chi connectivity index (χ4n) is 3.08. The zero-order valence-electron chi connectivity index (χ0n) is 16.9. The second kappa shape index (κ2) is 8.46. The van der Waals surface area contributed by atoms with Crippen molar-refractivity contribution < 1.29 is 9.53 Å². The van der Waals surface area contributed by atoms with E-state index in [9.17, 15) is 4.79 Å². The lowest BCUT2D eigenvalue weighted by Crippen LogP contribution is -2.30. The number of anilines is 1. The van der Waals surface area contributed by atoms with Crippen LogP contribution in [0.1, 0.15) is 18.1 Å². The van der Waals surface area contributed by atoms with E-state index in [4.69, 9.17) is 21.3 Å². The smallest absolute Gasteiger partial charge is 0.265 e. The van der Waals surface area contributed by atoms with Crippen molar-refractivity contribution in [3.63, 3.8) is 0 Å². The van der Waals surface area contributed by atoms with Crippen LogP contribution < -0.4 is 10.1 Å². The summed E-state index contributed by atoms with van der Waals surface area (Å²) in [6, 6.07) is 19.3. The van der Waals surface area contributed by atoms with Gasteiger partial charge < -0.3 is 10.1 Å². The summed E-state index contributed by atoms with van der Waals surface area (Å²) >= 11 is 7.64. The van der Waals surface area contributed by atoms with E-state index < -0.39 is 6.10 Å². The number of carbonyl (C=O) groups is 1. The third-order valence-electron chi connectivity index (χ3n) is 4.75. The summed E-state index contributed by atoms with van der Waals surface area (Å²) in [7, 11) is 0. The molecular weight excluding hydrogens is 416 g/mol. The first-order valence-electron chi connectivity index (χ1n) is 9.60. The second-order valence-electron chi connectivity index (χ2n) is 7.23. The van der Waals surface area contributed by atoms with Crippen molar-refractivity contribution in [1.82, 2.24) is 4.98 Å². The minimum absolute atomic E-state index is 0.215. The number of benzene rings is 3. The number of nitrogens with zero attached hydrogens (tertiary/aromatic N) is 1. The number of aryl methyl sites for hydroxylation is 2. The third-order valence-corrected chi connectivity index (χ3v) is 6.06. The molecular formula is C24H21ClN2O2S. The number of rotatable bonds is 5. The van der Waals surface area contributed by atoms with Gasteiger partial charge in [0.25, 0.3) is 5.91 Å². The van der Waals surface area contributed by atoms with Crippen molar-refractivity contribution in [2.45, 2.75) is 26.9 Å². The predicted molar refractivity (Wildman–Crippen MR) is 125 cm³/mol. The Morgan fingerprint density at radius 2 is 1.83 bits per heavy atom. The van der Waals surface area contributed by atoms with Gasteiger partial charge in [0, 0.05) is 16.3 Å². The highest BCUT2D eigenvalue weighted by Gasteiger charge is 2.16. The highest BCUT2D eigenvalue weighted by molar-refractivity contribution is 7.21. The van der Waals surface area contributed by atoms with E-state index in [-0.39, 0.29) is 5.91 Å². The monoisotopic (exact) mass is 436 g/mol. The number of hydrogen-bond acceptors (Lipinski definition) is 4. The largest absolute Gasteiger partial charge is 0.481 e. The van der Waals surface area contributed by atoms with Crippen LogP contribution in [0.15, 0.2) is 60.7 Å². The Balaban J connectivity index is 1.43. The van der Waals surface area contributed by atoms with Crippen molar-refractivity contribution in [3.8, 4) is 16.3 Å². The Labute approximate surface area is 184 Å². The van der Waals surface area contributed by atoms with Crippen LogP contribution in [0.2, 0.25) is 5.02 Å². The molecule has 4 rings (SSSR count). The lowest BCUT2D eigenvalue weighted by atomic mass is 10.2. The number of amides is 1. The van der Waals surface area contributed by atoms with Gasteiger partial charge in [-0.25, -0.2) is 4.98 Å². The fraction of sp³-hybridized carbons (Fsp3) is 0.167. The molecule has 30 heavy (non-hydrogen) atoms. The number of thiazole rings is 1. The van der Waals surface area contributed by atoms with Gasteiger partial charge in [0.15, 0.2) is 6.10 Å². The maximum atomic E-state index is 12.5. The zero-order chi connectivity index (χ0) is 21.3. The first-order valence-corrected chi connectivity index (χ1v) is 10.8. The minimum atomic E-state index is -0.642. The molecule has 1 atom stereocenters. The quantitative estimate of drug-likeness (QED) is 0.381. The molecule has 6 heteroatoms. The molecule has 0 bridgehead atoms. The Morgan fingerprint density at radius 3 is 2.57 bits per heavy atom. The lowest BCUT2D eigenvalue weighted by molar-refractivity contribution is -0.122. The van der Waals surface area contributed by atoms with Crippen LogP contribution >= 0.6 is 22.9 Å². The van der Waals surface area contributed by atoms with Crippen LogP contribution in [-0.4, -0.2) is 17.0 Å². The van der Waals surface area contributed by atoms with E-state index in [0.717, 1.165) is 21.7 Å². The SMILES string of the molecule is Cc1ccc2nc(-c3ccc(NC(=O)C(C)Oc4ccc(Cl)cc4C)cc3)sc2c1. The molecule has 1 aromatic heterocycles. The van der Waals surface area contributed by atoms with Crippen LogP contribution in [0.5, 0.6) is 5.75 Å². The van der Waals surface area contributed by atoms with Gasteiger partial charge in [-0.2, -0.15) is 0 Å². The average molecular weight is 437 g/mol. The van der Waals surface area contributed by atoms with Crippen molar-refractivity contribution >= 4 is 44.7 Å². The molecule has 0 saturated carbocycles. The number of nitrogens with one attached hydrogen (secondary N) is 1. The summed E-state index contributed by atoms with van der Waals surface area (Å²) in [6.45, 7) is 5.70. The van der Waals surface area contributed by atoms with Crippen LogP contribution in [0.4, 0.5) is 5.69 Å². The van der Waals surface area contributed by atoms with Gasteiger partial charge in [0.05, 0.1) is 10.2 Å². The van der Waals surface area contributed by atoms with E-state index in [2.05, 4.69) is 24.4 Å². The number of carbonyl (C=O) groups excluding carboxylic acids is 1. The number of halogens is 1. The molecule has 0 aliphatic heterocycles. The van der Waals surface area contributed by atoms with E-state index >= 15 is 0 Å². The van der Waals surface area contributed by atoms with Gasteiger partial charge in [-0.3, -0.25) is 4.79 Å². The molecule has 0 aliphatic carbocycles. The van der Waals surface area contributed by atoms with Crippen LogP contribution in [0, 0.1) is 13.8 Å². The number of aromatic nitrogens is 1. The molecule has 4 aromatic rings. The van der Waals surface area contributed by atoms with E-state index in [1.165, 1.54) is 10.3 Å². The third kappa shape index (κ3) is 4.48. The number of fused-ring (bicyclic) bond motifs is 1. The first kappa shape index (κ1) is 20.4. The number of ether oxygens (including phenoxy) is 1. The molecule has 152 valence electrons. The molecule has 1 heterocycles. The molecule has 1 unspecified atom stereocenters. The maximum absolute atomic E-state index is 12.5. The van der Waals surface area contributed by atoms with Crippen LogP contribution in [0.25, 0.3) is 20.8 Å². The van der Waals surface area contributed by atoms with Gasteiger partial charge in [0.2, 0.25) is 0 Å².